The number of carbonyl (C=O) groups is 1. The third-order valence-corrected chi connectivity index (χ3v) is 5.17. The van der Waals surface area contributed by atoms with Crippen molar-refractivity contribution in [2.45, 2.75) is 38.0 Å². The normalized spacial score (nSPS) is 11.6. The number of carbonyl (C=O) groups excluding carboxylic acids is 1. The second-order valence-electron chi connectivity index (χ2n) is 5.70. The summed E-state index contributed by atoms with van der Waals surface area (Å²) in [6, 6.07) is 5.53. The lowest BCUT2D eigenvalue weighted by molar-refractivity contribution is -0.115. The van der Waals surface area contributed by atoms with Crippen LogP contribution in [0.15, 0.2) is 17.2 Å². The first kappa shape index (κ1) is 20.0. The first-order chi connectivity index (χ1) is 12.3. The largest absolute Gasteiger partial charge is 0.495 e. The Morgan fingerprint density at radius 1 is 1.35 bits per heavy atom. The van der Waals surface area contributed by atoms with Crippen molar-refractivity contribution >= 4 is 35.0 Å². The molecule has 1 aromatic carbocycles. The van der Waals surface area contributed by atoms with Crippen LogP contribution in [0.4, 0.5) is 5.69 Å². The maximum Gasteiger partial charge on any atom is 0.237 e. The highest BCUT2D eigenvalue weighted by atomic mass is 35.5. The van der Waals surface area contributed by atoms with Gasteiger partial charge in [0.05, 0.1) is 23.7 Å². The van der Waals surface area contributed by atoms with Gasteiger partial charge in [0.1, 0.15) is 28.2 Å². The Morgan fingerprint density at radius 2 is 2.04 bits per heavy atom. The van der Waals surface area contributed by atoms with E-state index in [4.69, 9.17) is 16.3 Å². The fourth-order valence-electron chi connectivity index (χ4n) is 2.28. The highest BCUT2D eigenvalue weighted by molar-refractivity contribution is 8.00. The van der Waals surface area contributed by atoms with E-state index in [1.807, 2.05) is 6.92 Å². The number of hydrogen-bond acceptors (Lipinski definition) is 6. The van der Waals surface area contributed by atoms with Gasteiger partial charge in [-0.2, -0.15) is 5.26 Å². The molecule has 0 bridgehead atoms. The number of rotatable bonds is 5. The fourth-order valence-corrected chi connectivity index (χ4v) is 3.43. The van der Waals surface area contributed by atoms with Crippen LogP contribution in [0.3, 0.4) is 0 Å². The van der Waals surface area contributed by atoms with Crippen LogP contribution < -0.4 is 10.1 Å². The Balaban J connectivity index is 2.22. The summed E-state index contributed by atoms with van der Waals surface area (Å²) in [5.41, 5.74) is 2.37. The van der Waals surface area contributed by atoms with Gasteiger partial charge in [0.25, 0.3) is 0 Å². The lowest BCUT2D eigenvalue weighted by Gasteiger charge is -2.16. The van der Waals surface area contributed by atoms with Gasteiger partial charge >= 0.3 is 0 Å². The van der Waals surface area contributed by atoms with Crippen LogP contribution in [0.25, 0.3) is 0 Å². The number of nitrogens with one attached hydrogen (secondary N) is 1. The number of ether oxygens (including phenoxy) is 1. The van der Waals surface area contributed by atoms with Gasteiger partial charge in [-0.25, -0.2) is 9.97 Å². The fraction of sp³-hybridized carbons (Fsp3) is 0.333. The number of benzene rings is 1. The highest BCUT2D eigenvalue weighted by Crippen LogP contribution is 2.32. The molecule has 0 aliphatic heterocycles. The Bertz CT molecular complexity index is 896. The maximum absolute atomic E-state index is 12.6. The minimum atomic E-state index is -0.475. The van der Waals surface area contributed by atoms with Crippen molar-refractivity contribution < 1.29 is 9.53 Å². The minimum Gasteiger partial charge on any atom is -0.495 e. The second kappa shape index (κ2) is 8.39. The first-order valence-electron chi connectivity index (χ1n) is 7.83. The summed E-state index contributed by atoms with van der Waals surface area (Å²) >= 11 is 7.31. The molecule has 0 aliphatic rings. The lowest BCUT2D eigenvalue weighted by atomic mass is 10.2. The van der Waals surface area contributed by atoms with Gasteiger partial charge in [-0.1, -0.05) is 23.4 Å². The topological polar surface area (TPSA) is 87.9 Å². The van der Waals surface area contributed by atoms with Crippen LogP contribution in [0.5, 0.6) is 5.75 Å². The number of amides is 1. The summed E-state index contributed by atoms with van der Waals surface area (Å²) in [6.07, 6.45) is 0. The van der Waals surface area contributed by atoms with Gasteiger partial charge in [-0.3, -0.25) is 4.79 Å². The third kappa shape index (κ3) is 4.45. The van der Waals surface area contributed by atoms with Crippen LogP contribution in [-0.2, 0) is 4.79 Å². The molecule has 1 N–H and O–H groups in total. The Morgan fingerprint density at radius 3 is 2.65 bits per heavy atom. The van der Waals surface area contributed by atoms with Crippen LogP contribution in [0.2, 0.25) is 5.02 Å². The molecule has 6 nitrogen and oxygen atoms in total. The van der Waals surface area contributed by atoms with E-state index < -0.39 is 5.25 Å². The van der Waals surface area contributed by atoms with Crippen molar-refractivity contribution in [1.82, 2.24) is 9.97 Å². The number of nitriles is 1. The summed E-state index contributed by atoms with van der Waals surface area (Å²) < 4.78 is 5.28. The molecule has 1 aromatic heterocycles. The molecule has 1 unspecified atom stereocenters. The average molecular weight is 391 g/mol. The molecule has 8 heteroatoms. The molecule has 1 atom stereocenters. The van der Waals surface area contributed by atoms with Gasteiger partial charge in [0.2, 0.25) is 5.91 Å². The third-order valence-electron chi connectivity index (χ3n) is 3.68. The summed E-state index contributed by atoms with van der Waals surface area (Å²) in [5, 5.41) is 12.8. The van der Waals surface area contributed by atoms with Crippen molar-refractivity contribution in [2.24, 2.45) is 0 Å². The number of hydrogen-bond donors (Lipinski definition) is 1. The van der Waals surface area contributed by atoms with E-state index in [1.54, 1.807) is 32.9 Å². The zero-order valence-corrected chi connectivity index (χ0v) is 16.7. The molecule has 0 radical (unpaired) electrons. The predicted molar refractivity (Wildman–Crippen MR) is 103 cm³/mol. The van der Waals surface area contributed by atoms with Crippen LogP contribution in [0, 0.1) is 32.1 Å². The van der Waals surface area contributed by atoms with E-state index in [9.17, 15) is 10.1 Å². The van der Waals surface area contributed by atoms with E-state index in [0.717, 1.165) is 5.56 Å². The van der Waals surface area contributed by atoms with Gasteiger partial charge in [0, 0.05) is 11.1 Å². The molecule has 0 aliphatic carbocycles. The predicted octanol–water partition coefficient (Wildman–Crippen LogP) is 4.05. The molecule has 1 amide bonds. The van der Waals surface area contributed by atoms with E-state index in [-0.39, 0.29) is 5.91 Å². The van der Waals surface area contributed by atoms with E-state index in [2.05, 4.69) is 21.4 Å². The van der Waals surface area contributed by atoms with Crippen molar-refractivity contribution in [3.05, 3.63) is 39.8 Å². The van der Waals surface area contributed by atoms with Gasteiger partial charge in [-0.15, -0.1) is 0 Å². The van der Waals surface area contributed by atoms with E-state index >= 15 is 0 Å². The molecule has 136 valence electrons. The first-order valence-corrected chi connectivity index (χ1v) is 9.09. The number of nitrogens with zero attached hydrogens (tertiary/aromatic N) is 3. The Labute approximate surface area is 161 Å². The molecule has 26 heavy (non-hydrogen) atoms. The molecule has 0 saturated heterocycles. The van der Waals surface area contributed by atoms with E-state index in [0.29, 0.717) is 38.6 Å². The van der Waals surface area contributed by atoms with Crippen molar-refractivity contribution in [3.8, 4) is 11.8 Å². The van der Waals surface area contributed by atoms with Crippen LogP contribution in [-0.4, -0.2) is 28.2 Å². The molecule has 2 aromatic rings. The number of thioether (sulfide) groups is 1. The number of methoxy groups -OCH3 is 1. The maximum atomic E-state index is 12.6. The zero-order valence-electron chi connectivity index (χ0n) is 15.2. The quantitative estimate of drug-likeness (QED) is 0.611. The Hall–Kier alpha value is -2.30. The highest BCUT2D eigenvalue weighted by Gasteiger charge is 2.21. The van der Waals surface area contributed by atoms with Crippen molar-refractivity contribution in [1.29, 1.82) is 5.26 Å². The standard InChI is InChI=1S/C18H19ClN4O2S/c1-9-6-15(16(25-5)7-14(9)19)23-17(24)11(3)26-18-13(8-20)10(2)21-12(4)22-18/h6-7,11H,1-5H3,(H,23,24). The average Bonchev–Trinajstić information content (AvgIpc) is 2.57. The molecular weight excluding hydrogens is 372 g/mol. The van der Waals surface area contributed by atoms with E-state index in [1.165, 1.54) is 18.9 Å². The molecular formula is C18H19ClN4O2S. The summed E-state index contributed by atoms with van der Waals surface area (Å²) in [7, 11) is 1.51. The van der Waals surface area contributed by atoms with Crippen molar-refractivity contribution in [2.75, 3.05) is 12.4 Å². The lowest BCUT2D eigenvalue weighted by Crippen LogP contribution is -2.23. The van der Waals surface area contributed by atoms with Crippen molar-refractivity contribution in [3.63, 3.8) is 0 Å². The second-order valence-corrected chi connectivity index (χ2v) is 7.44. The van der Waals surface area contributed by atoms with Crippen LogP contribution in [0.1, 0.15) is 29.6 Å². The number of halogens is 1. The smallest absolute Gasteiger partial charge is 0.237 e. The monoisotopic (exact) mass is 390 g/mol. The van der Waals surface area contributed by atoms with Gasteiger partial charge in [-0.05, 0) is 39.3 Å². The van der Waals surface area contributed by atoms with Crippen LogP contribution >= 0.6 is 23.4 Å². The minimum absolute atomic E-state index is 0.229. The number of aromatic nitrogens is 2. The van der Waals surface area contributed by atoms with Gasteiger partial charge in [0.15, 0.2) is 0 Å². The number of aryl methyl sites for hydroxylation is 3. The summed E-state index contributed by atoms with van der Waals surface area (Å²) in [5.74, 6) is 0.817. The Kier molecular flexibility index (Phi) is 6.46. The molecule has 1 heterocycles. The van der Waals surface area contributed by atoms with Gasteiger partial charge < -0.3 is 10.1 Å². The summed E-state index contributed by atoms with van der Waals surface area (Å²) in [6.45, 7) is 7.11. The molecule has 0 fully saturated rings. The molecule has 0 saturated carbocycles. The number of anilines is 1. The molecule has 0 spiro atoms. The SMILES string of the molecule is COc1cc(Cl)c(C)cc1NC(=O)C(C)Sc1nc(C)nc(C)c1C#N. The molecule has 2 rings (SSSR count). The summed E-state index contributed by atoms with van der Waals surface area (Å²) in [4.78, 5) is 21.1. The zero-order chi connectivity index (χ0) is 19.4.